The highest BCUT2D eigenvalue weighted by atomic mass is 35.5. The van der Waals surface area contributed by atoms with E-state index in [-0.39, 0.29) is 30.7 Å². The van der Waals surface area contributed by atoms with Crippen molar-refractivity contribution < 1.29 is 9.59 Å². The first kappa shape index (κ1) is 30.4. The summed E-state index contributed by atoms with van der Waals surface area (Å²) in [6.45, 7) is 2.87. The second kappa shape index (κ2) is 15.4. The zero-order valence-electron chi connectivity index (χ0n) is 23.3. The van der Waals surface area contributed by atoms with Crippen molar-refractivity contribution in [3.8, 4) is 0 Å². The van der Waals surface area contributed by atoms with Crippen LogP contribution in [0, 0.1) is 0 Å². The summed E-state index contributed by atoms with van der Waals surface area (Å²) in [7, 11) is 0. The summed E-state index contributed by atoms with van der Waals surface area (Å²) in [5.41, 5.74) is 3.89. The van der Waals surface area contributed by atoms with Gasteiger partial charge in [-0.1, -0.05) is 134 Å². The van der Waals surface area contributed by atoms with Crippen LogP contribution in [0.25, 0.3) is 0 Å². The molecule has 0 bridgehead atoms. The van der Waals surface area contributed by atoms with Gasteiger partial charge in [-0.3, -0.25) is 9.59 Å². The number of unbranched alkanes of at least 4 members (excludes halogenated alkanes) is 1. The van der Waals surface area contributed by atoms with Gasteiger partial charge in [-0.25, -0.2) is 0 Å². The quantitative estimate of drug-likeness (QED) is 0.161. The molecule has 4 rings (SSSR count). The Kier molecular flexibility index (Phi) is 11.4. The monoisotopic (exact) mass is 586 g/mol. The zero-order valence-corrected chi connectivity index (χ0v) is 24.8. The molecule has 0 radical (unpaired) electrons. The van der Waals surface area contributed by atoms with E-state index in [2.05, 4.69) is 12.2 Å². The molecule has 2 amide bonds. The number of halogens is 2. The van der Waals surface area contributed by atoms with Crippen molar-refractivity contribution >= 4 is 35.0 Å². The first-order valence-corrected chi connectivity index (χ1v) is 14.9. The molecule has 212 valence electrons. The summed E-state index contributed by atoms with van der Waals surface area (Å²) in [5.74, 6) is -0.436. The van der Waals surface area contributed by atoms with Crippen LogP contribution in [0.2, 0.25) is 10.0 Å². The van der Waals surface area contributed by atoms with Gasteiger partial charge in [0.05, 0.1) is 10.0 Å². The fraction of sp³-hybridized carbons (Fsp3) is 0.257. The molecule has 1 atom stereocenters. The number of amides is 2. The van der Waals surface area contributed by atoms with E-state index in [9.17, 15) is 9.59 Å². The predicted octanol–water partition coefficient (Wildman–Crippen LogP) is 8.07. The SMILES string of the molecule is CCCCNC(=O)C(Cc1ccccc1)N(Cc1ccc(Cl)c(Cl)c1)C(=O)CC(c1ccccc1)c1ccccc1. The molecule has 0 saturated carbocycles. The van der Waals surface area contributed by atoms with E-state index in [1.54, 1.807) is 17.0 Å². The van der Waals surface area contributed by atoms with E-state index in [0.717, 1.165) is 35.1 Å². The van der Waals surface area contributed by atoms with Crippen LogP contribution in [-0.2, 0) is 22.6 Å². The van der Waals surface area contributed by atoms with Crippen molar-refractivity contribution in [1.29, 1.82) is 0 Å². The van der Waals surface area contributed by atoms with Gasteiger partial charge in [0.2, 0.25) is 11.8 Å². The van der Waals surface area contributed by atoms with Gasteiger partial charge in [0.15, 0.2) is 0 Å². The molecule has 4 aromatic rings. The van der Waals surface area contributed by atoms with Crippen molar-refractivity contribution in [3.05, 3.63) is 141 Å². The lowest BCUT2D eigenvalue weighted by atomic mass is 9.87. The van der Waals surface area contributed by atoms with E-state index in [1.807, 2.05) is 97.1 Å². The Labute approximate surface area is 253 Å². The second-order valence-corrected chi connectivity index (χ2v) is 11.0. The van der Waals surface area contributed by atoms with Gasteiger partial charge < -0.3 is 10.2 Å². The maximum Gasteiger partial charge on any atom is 0.243 e. The Balaban J connectivity index is 1.73. The number of rotatable bonds is 13. The molecule has 41 heavy (non-hydrogen) atoms. The third kappa shape index (κ3) is 8.69. The van der Waals surface area contributed by atoms with Crippen LogP contribution in [0.4, 0.5) is 0 Å². The molecular formula is C35H36Cl2N2O2. The lowest BCUT2D eigenvalue weighted by molar-refractivity contribution is -0.141. The highest BCUT2D eigenvalue weighted by Crippen LogP contribution is 2.30. The Morgan fingerprint density at radius 1 is 0.756 bits per heavy atom. The Hall–Kier alpha value is -3.60. The third-order valence-electron chi connectivity index (χ3n) is 7.22. The molecule has 4 nitrogen and oxygen atoms in total. The Morgan fingerprint density at radius 2 is 1.34 bits per heavy atom. The van der Waals surface area contributed by atoms with Crippen LogP contribution in [0.3, 0.4) is 0 Å². The maximum atomic E-state index is 14.4. The topological polar surface area (TPSA) is 49.4 Å². The first-order valence-electron chi connectivity index (χ1n) is 14.1. The molecule has 4 aromatic carbocycles. The first-order chi connectivity index (χ1) is 20.0. The van der Waals surface area contributed by atoms with Crippen LogP contribution in [0.5, 0.6) is 0 Å². The number of nitrogens with zero attached hydrogens (tertiary/aromatic N) is 1. The molecule has 0 saturated heterocycles. The molecule has 6 heteroatoms. The van der Waals surface area contributed by atoms with E-state index in [1.165, 1.54) is 0 Å². The lowest BCUT2D eigenvalue weighted by Gasteiger charge is -2.33. The molecular weight excluding hydrogens is 551 g/mol. The second-order valence-electron chi connectivity index (χ2n) is 10.2. The molecule has 1 N–H and O–H groups in total. The smallest absolute Gasteiger partial charge is 0.243 e. The van der Waals surface area contributed by atoms with E-state index in [4.69, 9.17) is 23.2 Å². The number of carbonyl (C=O) groups excluding carboxylic acids is 2. The summed E-state index contributed by atoms with van der Waals surface area (Å²) in [4.78, 5) is 29.9. The fourth-order valence-electron chi connectivity index (χ4n) is 4.99. The van der Waals surface area contributed by atoms with Crippen molar-refractivity contribution in [2.24, 2.45) is 0 Å². The van der Waals surface area contributed by atoms with Gasteiger partial charge in [0.25, 0.3) is 0 Å². The number of hydrogen-bond donors (Lipinski definition) is 1. The largest absolute Gasteiger partial charge is 0.354 e. The summed E-state index contributed by atoms with van der Waals surface area (Å²) >= 11 is 12.6. The van der Waals surface area contributed by atoms with Gasteiger partial charge in [-0.2, -0.15) is 0 Å². The molecule has 0 aliphatic rings. The maximum absolute atomic E-state index is 14.4. The summed E-state index contributed by atoms with van der Waals surface area (Å²) in [6.07, 6.45) is 2.44. The van der Waals surface area contributed by atoms with Gasteiger partial charge in [-0.05, 0) is 40.8 Å². The highest BCUT2D eigenvalue weighted by molar-refractivity contribution is 6.42. The van der Waals surface area contributed by atoms with Crippen molar-refractivity contribution in [3.63, 3.8) is 0 Å². The molecule has 0 aromatic heterocycles. The minimum atomic E-state index is -0.705. The predicted molar refractivity (Wildman–Crippen MR) is 168 cm³/mol. The van der Waals surface area contributed by atoms with E-state index >= 15 is 0 Å². The Bertz CT molecular complexity index is 1360. The van der Waals surface area contributed by atoms with Crippen LogP contribution < -0.4 is 5.32 Å². The molecule has 0 aliphatic carbocycles. The zero-order chi connectivity index (χ0) is 29.0. The summed E-state index contributed by atoms with van der Waals surface area (Å²) in [5, 5.41) is 3.94. The average molecular weight is 588 g/mol. The van der Waals surface area contributed by atoms with Crippen molar-refractivity contribution in [1.82, 2.24) is 10.2 Å². The average Bonchev–Trinajstić information content (AvgIpc) is 3.00. The number of nitrogens with one attached hydrogen (secondary N) is 1. The fourth-order valence-corrected chi connectivity index (χ4v) is 5.31. The summed E-state index contributed by atoms with van der Waals surface area (Å²) < 4.78 is 0. The number of hydrogen-bond acceptors (Lipinski definition) is 2. The van der Waals surface area contributed by atoms with Crippen molar-refractivity contribution in [2.45, 2.75) is 51.1 Å². The lowest BCUT2D eigenvalue weighted by Crippen LogP contribution is -2.51. The summed E-state index contributed by atoms with van der Waals surface area (Å²) in [6, 6.07) is 34.6. The Morgan fingerprint density at radius 3 is 1.90 bits per heavy atom. The molecule has 1 unspecified atom stereocenters. The number of benzene rings is 4. The molecule has 0 fully saturated rings. The van der Waals surface area contributed by atoms with Crippen LogP contribution in [0.15, 0.2) is 109 Å². The molecule has 0 aliphatic heterocycles. The van der Waals surface area contributed by atoms with Crippen LogP contribution >= 0.6 is 23.2 Å². The minimum Gasteiger partial charge on any atom is -0.354 e. The standard InChI is InChI=1S/C35H36Cl2N2O2/c1-2-3-21-38-35(41)33(23-26-13-7-4-8-14-26)39(25-27-19-20-31(36)32(37)22-27)34(40)24-30(28-15-9-5-10-16-28)29-17-11-6-12-18-29/h4-20,22,30,33H,2-3,21,23-25H2,1H3,(H,38,41). The van der Waals surface area contributed by atoms with Gasteiger partial charge in [0.1, 0.15) is 6.04 Å². The van der Waals surface area contributed by atoms with Crippen LogP contribution in [0.1, 0.15) is 54.4 Å². The normalized spacial score (nSPS) is 11.7. The van der Waals surface area contributed by atoms with E-state index < -0.39 is 6.04 Å². The van der Waals surface area contributed by atoms with Crippen molar-refractivity contribution in [2.75, 3.05) is 6.54 Å². The molecule has 0 spiro atoms. The highest BCUT2D eigenvalue weighted by Gasteiger charge is 2.32. The minimum absolute atomic E-state index is 0.111. The molecule has 0 heterocycles. The van der Waals surface area contributed by atoms with Gasteiger partial charge >= 0.3 is 0 Å². The van der Waals surface area contributed by atoms with Gasteiger partial charge in [0, 0.05) is 31.8 Å². The van der Waals surface area contributed by atoms with Crippen LogP contribution in [-0.4, -0.2) is 29.3 Å². The number of carbonyl (C=O) groups is 2. The van der Waals surface area contributed by atoms with Gasteiger partial charge in [-0.15, -0.1) is 0 Å². The van der Waals surface area contributed by atoms with E-state index in [0.29, 0.717) is 23.0 Å². The third-order valence-corrected chi connectivity index (χ3v) is 7.96.